The van der Waals surface area contributed by atoms with Crippen LogP contribution in [0.5, 0.6) is 5.75 Å². The van der Waals surface area contributed by atoms with Crippen LogP contribution in [0.15, 0.2) is 57.6 Å². The first-order chi connectivity index (χ1) is 12.7. The molecule has 0 aliphatic heterocycles. The molecule has 0 bridgehead atoms. The van der Waals surface area contributed by atoms with E-state index < -0.39 is 0 Å². The van der Waals surface area contributed by atoms with Gasteiger partial charge < -0.3 is 13.7 Å². The van der Waals surface area contributed by atoms with Crippen molar-refractivity contribution in [3.63, 3.8) is 0 Å². The molecule has 4 aromatic rings. The minimum atomic E-state index is 0.710. The summed E-state index contributed by atoms with van der Waals surface area (Å²) in [7, 11) is 3.60. The monoisotopic (exact) mass is 384 g/mol. The molecule has 0 aliphatic rings. The Balaban J connectivity index is 1.45. The predicted molar refractivity (Wildman–Crippen MR) is 102 cm³/mol. The highest BCUT2D eigenvalue weighted by atomic mass is 32.2. The maximum atomic E-state index is 5.39. The van der Waals surface area contributed by atoms with E-state index in [-0.39, 0.29) is 0 Å². The highest BCUT2D eigenvalue weighted by molar-refractivity contribution is 7.98. The van der Waals surface area contributed by atoms with Gasteiger partial charge in [0.1, 0.15) is 10.8 Å². The molecule has 0 amide bonds. The van der Waals surface area contributed by atoms with Gasteiger partial charge in [0.25, 0.3) is 0 Å². The molecule has 0 fully saturated rings. The van der Waals surface area contributed by atoms with Crippen LogP contribution in [0.25, 0.3) is 22.2 Å². The summed E-state index contributed by atoms with van der Waals surface area (Å²) in [5, 5.41) is 12.4. The number of thioether (sulfide) groups is 1. The fraction of sp³-hybridized carbons (Fsp3) is 0.167. The van der Waals surface area contributed by atoms with Crippen LogP contribution >= 0.6 is 23.1 Å². The minimum Gasteiger partial charge on any atom is -0.497 e. The number of benzene rings is 1. The topological polar surface area (TPSA) is 66.0 Å². The van der Waals surface area contributed by atoms with Gasteiger partial charge in [-0.2, -0.15) is 0 Å². The second kappa shape index (κ2) is 7.35. The van der Waals surface area contributed by atoms with E-state index in [4.69, 9.17) is 14.1 Å². The Morgan fingerprint density at radius 2 is 2.04 bits per heavy atom. The average Bonchev–Trinajstić information content (AvgIpc) is 3.41. The Bertz CT molecular complexity index is 991. The molecule has 8 heteroatoms. The van der Waals surface area contributed by atoms with Gasteiger partial charge >= 0.3 is 0 Å². The van der Waals surface area contributed by atoms with Crippen LogP contribution in [-0.4, -0.2) is 26.9 Å². The standard InChI is InChI=1S/C18H16N4O2S2/c1-22-16(15-4-3-9-24-15)20-21-18(22)26-11-13-10-25-17(19-13)12-5-7-14(23-2)8-6-12/h3-10H,11H2,1-2H3. The summed E-state index contributed by atoms with van der Waals surface area (Å²) in [6.45, 7) is 0. The van der Waals surface area contributed by atoms with Crippen LogP contribution in [0.1, 0.15) is 5.69 Å². The molecule has 0 aliphatic carbocycles. The van der Waals surface area contributed by atoms with Gasteiger partial charge in [-0.15, -0.1) is 21.5 Å². The largest absolute Gasteiger partial charge is 0.497 e. The van der Waals surface area contributed by atoms with E-state index in [1.165, 1.54) is 0 Å². The van der Waals surface area contributed by atoms with Gasteiger partial charge in [0.05, 0.1) is 19.1 Å². The number of thiazole rings is 1. The Labute approximate surface area is 158 Å². The summed E-state index contributed by atoms with van der Waals surface area (Å²) >= 11 is 3.24. The average molecular weight is 384 g/mol. The molecule has 3 aromatic heterocycles. The zero-order valence-corrected chi connectivity index (χ0v) is 15.9. The van der Waals surface area contributed by atoms with E-state index in [1.807, 2.05) is 48.0 Å². The van der Waals surface area contributed by atoms with Crippen LogP contribution in [0.2, 0.25) is 0 Å². The zero-order chi connectivity index (χ0) is 17.9. The number of ether oxygens (including phenoxy) is 1. The Hall–Kier alpha value is -2.58. The Morgan fingerprint density at radius 3 is 2.77 bits per heavy atom. The fourth-order valence-electron chi connectivity index (χ4n) is 2.44. The lowest BCUT2D eigenvalue weighted by atomic mass is 10.2. The number of aromatic nitrogens is 4. The van der Waals surface area contributed by atoms with E-state index >= 15 is 0 Å². The molecule has 3 heterocycles. The van der Waals surface area contributed by atoms with Crippen molar-refractivity contribution >= 4 is 23.1 Å². The van der Waals surface area contributed by atoms with Gasteiger partial charge in [0, 0.05) is 23.7 Å². The van der Waals surface area contributed by atoms with Crippen molar-refractivity contribution in [2.24, 2.45) is 7.05 Å². The van der Waals surface area contributed by atoms with Crippen LogP contribution in [0.4, 0.5) is 0 Å². The lowest BCUT2D eigenvalue weighted by molar-refractivity contribution is 0.415. The first kappa shape index (κ1) is 16.9. The highest BCUT2D eigenvalue weighted by Crippen LogP contribution is 2.29. The summed E-state index contributed by atoms with van der Waals surface area (Å²) in [4.78, 5) is 4.72. The molecular formula is C18H16N4O2S2. The predicted octanol–water partition coefficient (Wildman–Crippen LogP) is 4.50. The maximum absolute atomic E-state index is 5.39. The van der Waals surface area contributed by atoms with Crippen molar-refractivity contribution in [3.8, 4) is 27.9 Å². The lowest BCUT2D eigenvalue weighted by Gasteiger charge is -2.01. The van der Waals surface area contributed by atoms with Crippen molar-refractivity contribution in [3.05, 3.63) is 53.7 Å². The Morgan fingerprint density at radius 1 is 1.19 bits per heavy atom. The van der Waals surface area contributed by atoms with E-state index in [0.29, 0.717) is 5.76 Å². The number of rotatable bonds is 6. The molecule has 132 valence electrons. The molecule has 26 heavy (non-hydrogen) atoms. The number of methoxy groups -OCH3 is 1. The van der Waals surface area contributed by atoms with E-state index in [0.717, 1.165) is 38.7 Å². The molecule has 4 rings (SSSR count). The first-order valence-corrected chi connectivity index (χ1v) is 9.76. The second-order valence-corrected chi connectivity index (χ2v) is 7.30. The van der Waals surface area contributed by atoms with Crippen molar-refractivity contribution in [2.75, 3.05) is 7.11 Å². The summed E-state index contributed by atoms with van der Waals surface area (Å²) in [6, 6.07) is 11.6. The van der Waals surface area contributed by atoms with Gasteiger partial charge in [-0.05, 0) is 36.4 Å². The van der Waals surface area contributed by atoms with Crippen molar-refractivity contribution in [1.82, 2.24) is 19.7 Å². The number of nitrogens with zero attached hydrogens (tertiary/aromatic N) is 4. The van der Waals surface area contributed by atoms with E-state index in [2.05, 4.69) is 15.6 Å². The molecule has 0 saturated carbocycles. The van der Waals surface area contributed by atoms with Crippen LogP contribution < -0.4 is 4.74 Å². The highest BCUT2D eigenvalue weighted by Gasteiger charge is 2.14. The molecule has 1 aromatic carbocycles. The van der Waals surface area contributed by atoms with Gasteiger partial charge in [-0.1, -0.05) is 11.8 Å². The molecule has 6 nitrogen and oxygen atoms in total. The van der Waals surface area contributed by atoms with Gasteiger partial charge in [-0.25, -0.2) is 4.98 Å². The van der Waals surface area contributed by atoms with Gasteiger partial charge in [0.15, 0.2) is 16.7 Å². The molecular weight excluding hydrogens is 368 g/mol. The molecule has 0 spiro atoms. The van der Waals surface area contributed by atoms with Crippen LogP contribution in [0, 0.1) is 0 Å². The SMILES string of the molecule is COc1ccc(-c2nc(CSc3nnc(-c4ccco4)n3C)cs2)cc1. The first-order valence-electron chi connectivity index (χ1n) is 7.89. The molecule has 0 unspecified atom stereocenters. The third kappa shape index (κ3) is 3.38. The van der Waals surface area contributed by atoms with Gasteiger partial charge in [-0.3, -0.25) is 0 Å². The summed E-state index contributed by atoms with van der Waals surface area (Å²) in [6.07, 6.45) is 1.63. The minimum absolute atomic E-state index is 0.710. The third-order valence-corrected chi connectivity index (χ3v) is 5.81. The molecule has 0 saturated heterocycles. The quantitative estimate of drug-likeness (QED) is 0.456. The van der Waals surface area contributed by atoms with Crippen molar-refractivity contribution < 1.29 is 9.15 Å². The van der Waals surface area contributed by atoms with Crippen molar-refractivity contribution in [1.29, 1.82) is 0 Å². The summed E-state index contributed by atoms with van der Waals surface area (Å²) in [5.41, 5.74) is 2.11. The third-order valence-electron chi connectivity index (χ3n) is 3.81. The van der Waals surface area contributed by atoms with Gasteiger partial charge in [0.2, 0.25) is 0 Å². The fourth-order valence-corrected chi connectivity index (χ4v) is 4.17. The zero-order valence-electron chi connectivity index (χ0n) is 14.2. The number of furan rings is 1. The van der Waals surface area contributed by atoms with Crippen LogP contribution in [0.3, 0.4) is 0 Å². The molecule has 0 radical (unpaired) electrons. The van der Waals surface area contributed by atoms with Crippen LogP contribution in [-0.2, 0) is 12.8 Å². The normalized spacial score (nSPS) is 11.0. The number of hydrogen-bond donors (Lipinski definition) is 0. The van der Waals surface area contributed by atoms with E-state index in [1.54, 1.807) is 36.5 Å². The van der Waals surface area contributed by atoms with Crippen molar-refractivity contribution in [2.45, 2.75) is 10.9 Å². The maximum Gasteiger partial charge on any atom is 0.200 e. The second-order valence-electron chi connectivity index (χ2n) is 5.50. The smallest absolute Gasteiger partial charge is 0.200 e. The molecule has 0 atom stereocenters. The summed E-state index contributed by atoms with van der Waals surface area (Å²) in [5.74, 6) is 3.00. The lowest BCUT2D eigenvalue weighted by Crippen LogP contribution is -1.94. The molecule has 0 N–H and O–H groups in total. The Kier molecular flexibility index (Phi) is 4.77. The van der Waals surface area contributed by atoms with E-state index in [9.17, 15) is 0 Å². The summed E-state index contributed by atoms with van der Waals surface area (Å²) < 4.78 is 12.5. The number of hydrogen-bond acceptors (Lipinski definition) is 7.